The van der Waals surface area contributed by atoms with E-state index in [2.05, 4.69) is 5.32 Å². The summed E-state index contributed by atoms with van der Waals surface area (Å²) < 4.78 is 0. The number of amides is 1. The van der Waals surface area contributed by atoms with Crippen LogP contribution in [-0.2, 0) is 4.79 Å². The molecule has 0 radical (unpaired) electrons. The van der Waals surface area contributed by atoms with Gasteiger partial charge in [-0.25, -0.2) is 0 Å². The molecule has 0 aromatic rings. The van der Waals surface area contributed by atoms with Gasteiger partial charge in [0.05, 0.1) is 6.10 Å². The molecule has 1 amide bonds. The first-order valence-electron chi connectivity index (χ1n) is 4.88. The maximum Gasteiger partial charge on any atom is 0.225 e. The largest absolute Gasteiger partial charge is 0.393 e. The van der Waals surface area contributed by atoms with Crippen molar-refractivity contribution in [3.8, 4) is 0 Å². The van der Waals surface area contributed by atoms with Gasteiger partial charge in [0.15, 0.2) is 0 Å². The standard InChI is InChI=1S/C10H19NO2/c1-10(2,3)9(13)11-7-4-5-8(12)6-7/h7-8,12H,4-6H2,1-3H3,(H,11,13). The van der Waals surface area contributed by atoms with Crippen LogP contribution in [0.2, 0.25) is 0 Å². The number of hydrogen-bond donors (Lipinski definition) is 2. The van der Waals surface area contributed by atoms with Gasteiger partial charge in [0, 0.05) is 11.5 Å². The average molecular weight is 185 g/mol. The molecular weight excluding hydrogens is 166 g/mol. The number of hydrogen-bond acceptors (Lipinski definition) is 2. The molecule has 2 atom stereocenters. The molecule has 1 rings (SSSR count). The van der Waals surface area contributed by atoms with Gasteiger partial charge >= 0.3 is 0 Å². The molecule has 0 saturated heterocycles. The normalized spacial score (nSPS) is 28.9. The Morgan fingerprint density at radius 3 is 2.38 bits per heavy atom. The average Bonchev–Trinajstić information content (AvgIpc) is 2.33. The van der Waals surface area contributed by atoms with Crippen LogP contribution in [0.5, 0.6) is 0 Å². The van der Waals surface area contributed by atoms with Crippen molar-refractivity contribution < 1.29 is 9.90 Å². The van der Waals surface area contributed by atoms with E-state index in [9.17, 15) is 9.90 Å². The lowest BCUT2D eigenvalue weighted by molar-refractivity contribution is -0.129. The molecule has 1 aliphatic rings. The minimum Gasteiger partial charge on any atom is -0.393 e. The second-order valence-electron chi connectivity index (χ2n) is 4.89. The van der Waals surface area contributed by atoms with Gasteiger partial charge in [-0.05, 0) is 19.3 Å². The van der Waals surface area contributed by atoms with Crippen LogP contribution in [-0.4, -0.2) is 23.2 Å². The Balaban J connectivity index is 2.37. The molecule has 1 saturated carbocycles. The summed E-state index contributed by atoms with van der Waals surface area (Å²) in [7, 11) is 0. The zero-order chi connectivity index (χ0) is 10.1. The number of carbonyl (C=O) groups is 1. The Morgan fingerprint density at radius 2 is 2.00 bits per heavy atom. The highest BCUT2D eigenvalue weighted by Gasteiger charge is 2.28. The fourth-order valence-corrected chi connectivity index (χ4v) is 1.49. The van der Waals surface area contributed by atoms with E-state index in [1.807, 2.05) is 20.8 Å². The van der Waals surface area contributed by atoms with Crippen LogP contribution in [0.15, 0.2) is 0 Å². The summed E-state index contributed by atoms with van der Waals surface area (Å²) in [6.07, 6.45) is 2.21. The van der Waals surface area contributed by atoms with Crippen LogP contribution in [0.25, 0.3) is 0 Å². The van der Waals surface area contributed by atoms with Gasteiger partial charge in [-0.15, -0.1) is 0 Å². The number of rotatable bonds is 1. The molecule has 0 aliphatic heterocycles. The quantitative estimate of drug-likeness (QED) is 0.642. The van der Waals surface area contributed by atoms with E-state index in [-0.39, 0.29) is 23.5 Å². The molecule has 76 valence electrons. The van der Waals surface area contributed by atoms with E-state index in [1.54, 1.807) is 0 Å². The van der Waals surface area contributed by atoms with Gasteiger partial charge in [-0.2, -0.15) is 0 Å². The highest BCUT2D eigenvalue weighted by atomic mass is 16.3. The molecule has 0 aromatic carbocycles. The molecule has 0 spiro atoms. The van der Waals surface area contributed by atoms with Crippen LogP contribution in [0.3, 0.4) is 0 Å². The summed E-state index contributed by atoms with van der Waals surface area (Å²) >= 11 is 0. The summed E-state index contributed by atoms with van der Waals surface area (Å²) in [6.45, 7) is 5.69. The Morgan fingerprint density at radius 1 is 1.38 bits per heavy atom. The van der Waals surface area contributed by atoms with Crippen molar-refractivity contribution in [2.75, 3.05) is 0 Å². The second-order valence-corrected chi connectivity index (χ2v) is 4.89. The van der Waals surface area contributed by atoms with E-state index in [0.29, 0.717) is 6.42 Å². The van der Waals surface area contributed by atoms with Crippen molar-refractivity contribution in [3.05, 3.63) is 0 Å². The van der Waals surface area contributed by atoms with E-state index in [4.69, 9.17) is 0 Å². The summed E-state index contributed by atoms with van der Waals surface area (Å²) in [5.74, 6) is 0.0756. The first kappa shape index (κ1) is 10.5. The first-order chi connectivity index (χ1) is 5.89. The lowest BCUT2D eigenvalue weighted by Crippen LogP contribution is -2.40. The smallest absolute Gasteiger partial charge is 0.225 e. The third-order valence-corrected chi connectivity index (χ3v) is 2.42. The Bertz CT molecular complexity index is 196. The monoisotopic (exact) mass is 185 g/mol. The summed E-state index contributed by atoms with van der Waals surface area (Å²) in [5.41, 5.74) is -0.326. The number of aliphatic hydroxyl groups excluding tert-OH is 1. The second kappa shape index (κ2) is 3.66. The maximum atomic E-state index is 11.5. The van der Waals surface area contributed by atoms with Crippen LogP contribution >= 0.6 is 0 Å². The molecule has 3 nitrogen and oxygen atoms in total. The highest BCUT2D eigenvalue weighted by molar-refractivity contribution is 5.81. The Kier molecular flexibility index (Phi) is 2.96. The molecule has 3 heteroatoms. The summed E-state index contributed by atoms with van der Waals surface area (Å²) in [4.78, 5) is 11.5. The van der Waals surface area contributed by atoms with Crippen LogP contribution in [0, 0.1) is 5.41 Å². The van der Waals surface area contributed by atoms with Gasteiger partial charge < -0.3 is 10.4 Å². The third kappa shape index (κ3) is 2.99. The van der Waals surface area contributed by atoms with E-state index in [0.717, 1.165) is 12.8 Å². The van der Waals surface area contributed by atoms with Gasteiger partial charge in [0.1, 0.15) is 0 Å². The van der Waals surface area contributed by atoms with E-state index >= 15 is 0 Å². The molecular formula is C10H19NO2. The summed E-state index contributed by atoms with van der Waals surface area (Å²) in [5, 5.41) is 12.2. The first-order valence-corrected chi connectivity index (χ1v) is 4.88. The molecule has 0 bridgehead atoms. The maximum absolute atomic E-state index is 11.5. The van der Waals surface area contributed by atoms with Gasteiger partial charge in [0.2, 0.25) is 5.91 Å². The van der Waals surface area contributed by atoms with Crippen LogP contribution < -0.4 is 5.32 Å². The van der Waals surface area contributed by atoms with Crippen LogP contribution in [0.4, 0.5) is 0 Å². The fraction of sp³-hybridized carbons (Fsp3) is 0.900. The van der Waals surface area contributed by atoms with Gasteiger partial charge in [-0.1, -0.05) is 20.8 Å². The fourth-order valence-electron chi connectivity index (χ4n) is 1.49. The van der Waals surface area contributed by atoms with Crippen molar-refractivity contribution in [1.82, 2.24) is 5.32 Å². The lowest BCUT2D eigenvalue weighted by Gasteiger charge is -2.21. The van der Waals surface area contributed by atoms with Gasteiger partial charge in [-0.3, -0.25) is 4.79 Å². The lowest BCUT2D eigenvalue weighted by atomic mass is 9.95. The van der Waals surface area contributed by atoms with Crippen molar-refractivity contribution >= 4 is 5.91 Å². The molecule has 2 unspecified atom stereocenters. The van der Waals surface area contributed by atoms with Crippen LogP contribution in [0.1, 0.15) is 40.0 Å². The number of nitrogens with one attached hydrogen (secondary N) is 1. The van der Waals surface area contributed by atoms with E-state index < -0.39 is 0 Å². The third-order valence-electron chi connectivity index (χ3n) is 2.42. The Labute approximate surface area is 79.5 Å². The van der Waals surface area contributed by atoms with Gasteiger partial charge in [0.25, 0.3) is 0 Å². The number of carbonyl (C=O) groups excluding carboxylic acids is 1. The molecule has 1 fully saturated rings. The number of aliphatic hydroxyl groups is 1. The minimum atomic E-state index is -0.326. The van der Waals surface area contributed by atoms with Crippen molar-refractivity contribution in [2.45, 2.75) is 52.2 Å². The van der Waals surface area contributed by atoms with Crippen molar-refractivity contribution in [1.29, 1.82) is 0 Å². The van der Waals surface area contributed by atoms with E-state index in [1.165, 1.54) is 0 Å². The molecule has 0 aromatic heterocycles. The predicted molar refractivity (Wildman–Crippen MR) is 51.2 cm³/mol. The molecule has 2 N–H and O–H groups in total. The summed E-state index contributed by atoms with van der Waals surface area (Å²) in [6, 6.07) is 0.182. The SMILES string of the molecule is CC(C)(C)C(=O)NC1CCC(O)C1. The zero-order valence-electron chi connectivity index (χ0n) is 8.63. The predicted octanol–water partition coefficient (Wildman–Crippen LogP) is 1.06. The molecule has 1 aliphatic carbocycles. The highest BCUT2D eigenvalue weighted by Crippen LogP contribution is 2.21. The topological polar surface area (TPSA) is 49.3 Å². The Hall–Kier alpha value is -0.570. The van der Waals surface area contributed by atoms with Crippen molar-refractivity contribution in [3.63, 3.8) is 0 Å². The molecule has 0 heterocycles. The van der Waals surface area contributed by atoms with Crippen molar-refractivity contribution in [2.24, 2.45) is 5.41 Å². The minimum absolute atomic E-state index is 0.0756. The zero-order valence-corrected chi connectivity index (χ0v) is 8.63. The molecule has 13 heavy (non-hydrogen) atoms.